The Kier molecular flexibility index (Phi) is 6.29. The van der Waals surface area contributed by atoms with E-state index in [1.54, 1.807) is 0 Å². The Hall–Kier alpha value is -1.32. The second-order valence-corrected chi connectivity index (χ2v) is 8.78. The van der Waals surface area contributed by atoms with Crippen LogP contribution in [0.4, 0.5) is 0 Å². The minimum absolute atomic E-state index is 0.567. The average Bonchev–Trinajstić information content (AvgIpc) is 2.98. The molecule has 3 nitrogen and oxygen atoms in total. The number of hydrogen-bond acceptors (Lipinski definition) is 2. The molecule has 0 spiro atoms. The summed E-state index contributed by atoms with van der Waals surface area (Å²) in [5.41, 5.74) is 2.44. The van der Waals surface area contributed by atoms with Crippen LogP contribution in [-0.4, -0.2) is 22.2 Å². The van der Waals surface area contributed by atoms with Gasteiger partial charge in [0.1, 0.15) is 11.5 Å². The van der Waals surface area contributed by atoms with Crippen LogP contribution in [0.25, 0.3) is 11.0 Å². The van der Waals surface area contributed by atoms with Crippen LogP contribution in [0.5, 0.6) is 0 Å². The highest BCUT2D eigenvalue weighted by Crippen LogP contribution is 2.29. The third-order valence-corrected chi connectivity index (χ3v) is 6.65. The third-order valence-electron chi connectivity index (χ3n) is 6.65. The van der Waals surface area contributed by atoms with Gasteiger partial charge < -0.3 is 4.98 Å². The molecule has 26 heavy (non-hydrogen) atoms. The summed E-state index contributed by atoms with van der Waals surface area (Å²) in [6.45, 7) is 0. The van der Waals surface area contributed by atoms with Crippen molar-refractivity contribution in [2.75, 3.05) is 0 Å². The molecule has 0 unspecified atom stereocenters. The molecule has 2 aromatic rings. The van der Waals surface area contributed by atoms with Crippen molar-refractivity contribution >= 4 is 23.9 Å². The Morgan fingerprint density at radius 1 is 0.808 bits per heavy atom. The fourth-order valence-electron chi connectivity index (χ4n) is 5.06. The van der Waals surface area contributed by atoms with Crippen LogP contribution in [-0.2, 0) is 0 Å². The molecule has 2 heterocycles. The van der Waals surface area contributed by atoms with Gasteiger partial charge in [-0.25, -0.2) is 9.97 Å². The van der Waals surface area contributed by atoms with E-state index < -0.39 is 0 Å². The van der Waals surface area contributed by atoms with Crippen molar-refractivity contribution in [3.8, 4) is 0 Å². The predicted molar refractivity (Wildman–Crippen MR) is 112 cm³/mol. The monoisotopic (exact) mass is 351 g/mol. The maximum absolute atomic E-state index is 4.95. The fraction of sp³-hybridized carbons (Fsp3) is 0.727. The molecule has 1 N–H and O–H groups in total. The number of fused-ring (bicyclic) bond motifs is 1. The van der Waals surface area contributed by atoms with Gasteiger partial charge in [-0.15, -0.1) is 0 Å². The molecule has 0 radical (unpaired) electrons. The van der Waals surface area contributed by atoms with E-state index in [0.717, 1.165) is 17.3 Å². The molecule has 2 aromatic heterocycles. The van der Waals surface area contributed by atoms with Gasteiger partial charge in [0.05, 0.1) is 0 Å². The minimum atomic E-state index is 0.567. The summed E-state index contributed by atoms with van der Waals surface area (Å²) in [6, 6.07) is 2.30. The van der Waals surface area contributed by atoms with Gasteiger partial charge in [-0.1, -0.05) is 82.9 Å². The molecule has 2 fully saturated rings. The Morgan fingerprint density at radius 3 is 2.12 bits per heavy atom. The van der Waals surface area contributed by atoms with Gasteiger partial charge in [-0.2, -0.15) is 0 Å². The first-order valence-corrected chi connectivity index (χ1v) is 11.2. The Labute approximate surface area is 159 Å². The van der Waals surface area contributed by atoms with Crippen molar-refractivity contribution in [2.45, 2.75) is 102 Å². The zero-order chi connectivity index (χ0) is 17.6. The highest BCUT2D eigenvalue weighted by Gasteiger charge is 2.19. The molecule has 140 valence electrons. The van der Waals surface area contributed by atoms with Crippen LogP contribution in [0.15, 0.2) is 12.3 Å². The second kappa shape index (κ2) is 9.06. The topological polar surface area (TPSA) is 41.6 Å². The van der Waals surface area contributed by atoms with Crippen molar-refractivity contribution < 1.29 is 0 Å². The molecule has 2 aliphatic carbocycles. The minimum Gasteiger partial charge on any atom is -0.352 e. The van der Waals surface area contributed by atoms with Crippen LogP contribution >= 0.6 is 0 Å². The number of nitrogens with zero attached hydrogens (tertiary/aromatic N) is 2. The standard InChI is InChI=1S/C22H34BN3/c1-3-7-11-17(12-8-4-1)21-24-16-18-15-20(25-22(18)26-21)23-19-13-9-5-2-6-10-14-19/h15-17,19,23H,1-14H2,(H,24,25,26). The van der Waals surface area contributed by atoms with Crippen molar-refractivity contribution in [3.05, 3.63) is 18.1 Å². The zero-order valence-corrected chi connectivity index (χ0v) is 16.3. The van der Waals surface area contributed by atoms with Crippen molar-refractivity contribution in [3.63, 3.8) is 0 Å². The molecule has 4 rings (SSSR count). The van der Waals surface area contributed by atoms with E-state index in [1.165, 1.54) is 108 Å². The molecule has 0 bridgehead atoms. The molecule has 2 saturated carbocycles. The normalized spacial score (nSPS) is 21.7. The van der Waals surface area contributed by atoms with E-state index in [-0.39, 0.29) is 0 Å². The summed E-state index contributed by atoms with van der Waals surface area (Å²) in [7, 11) is 1.19. The summed E-state index contributed by atoms with van der Waals surface area (Å²) in [4.78, 5) is 13.3. The maximum atomic E-state index is 4.95. The summed E-state index contributed by atoms with van der Waals surface area (Å²) in [6.07, 6.45) is 21.4. The summed E-state index contributed by atoms with van der Waals surface area (Å²) >= 11 is 0. The van der Waals surface area contributed by atoms with Gasteiger partial charge in [0.15, 0.2) is 7.28 Å². The molecule has 4 heteroatoms. The average molecular weight is 351 g/mol. The number of hydrogen-bond donors (Lipinski definition) is 1. The van der Waals surface area contributed by atoms with E-state index in [9.17, 15) is 0 Å². The Morgan fingerprint density at radius 2 is 1.42 bits per heavy atom. The van der Waals surface area contributed by atoms with Crippen LogP contribution in [0, 0.1) is 0 Å². The van der Waals surface area contributed by atoms with Crippen molar-refractivity contribution in [1.29, 1.82) is 0 Å². The molecular formula is C22H34BN3. The first-order chi connectivity index (χ1) is 12.9. The van der Waals surface area contributed by atoms with Crippen molar-refractivity contribution in [2.24, 2.45) is 0 Å². The quantitative estimate of drug-likeness (QED) is 0.754. The molecule has 0 atom stereocenters. The number of nitrogens with one attached hydrogen (secondary N) is 1. The lowest BCUT2D eigenvalue weighted by Crippen LogP contribution is -2.21. The largest absolute Gasteiger partial charge is 0.352 e. The van der Waals surface area contributed by atoms with Crippen LogP contribution in [0.3, 0.4) is 0 Å². The Balaban J connectivity index is 1.46. The summed E-state index contributed by atoms with van der Waals surface area (Å²) in [5, 5.41) is 1.19. The SMILES string of the molecule is B(c1cc2cnc(C3CCCCCCC3)nc2[nH]1)C1CCCCCCC1. The first-order valence-electron chi connectivity index (χ1n) is 11.2. The molecule has 0 aliphatic heterocycles. The number of aromatic nitrogens is 3. The molecule has 0 aromatic carbocycles. The molecular weight excluding hydrogens is 317 g/mol. The second-order valence-electron chi connectivity index (χ2n) is 8.78. The van der Waals surface area contributed by atoms with Gasteiger partial charge in [-0.05, 0) is 24.5 Å². The number of aromatic amines is 1. The summed E-state index contributed by atoms with van der Waals surface area (Å²) < 4.78 is 0. The van der Waals surface area contributed by atoms with E-state index in [4.69, 9.17) is 9.97 Å². The fourth-order valence-corrected chi connectivity index (χ4v) is 5.06. The van der Waals surface area contributed by atoms with Gasteiger partial charge in [0.25, 0.3) is 0 Å². The van der Waals surface area contributed by atoms with E-state index in [2.05, 4.69) is 17.2 Å². The van der Waals surface area contributed by atoms with Gasteiger partial charge in [0, 0.05) is 17.5 Å². The third kappa shape index (κ3) is 4.69. The van der Waals surface area contributed by atoms with E-state index >= 15 is 0 Å². The number of rotatable bonds is 3. The van der Waals surface area contributed by atoms with E-state index in [0.29, 0.717) is 5.92 Å². The lowest BCUT2D eigenvalue weighted by atomic mass is 9.58. The first kappa shape index (κ1) is 18.1. The molecule has 0 amide bonds. The van der Waals surface area contributed by atoms with Gasteiger partial charge in [-0.3, -0.25) is 0 Å². The molecule has 0 saturated heterocycles. The lowest BCUT2D eigenvalue weighted by molar-refractivity contribution is 0.443. The predicted octanol–water partition coefficient (Wildman–Crippen LogP) is 5.38. The highest BCUT2D eigenvalue weighted by atomic mass is 14.9. The van der Waals surface area contributed by atoms with Gasteiger partial charge in [0.2, 0.25) is 0 Å². The summed E-state index contributed by atoms with van der Waals surface area (Å²) in [5.74, 6) is 2.50. The van der Waals surface area contributed by atoms with Crippen LogP contribution < -0.4 is 5.59 Å². The zero-order valence-electron chi connectivity index (χ0n) is 16.3. The lowest BCUT2D eigenvalue weighted by Gasteiger charge is -2.18. The van der Waals surface area contributed by atoms with Crippen molar-refractivity contribution in [1.82, 2.24) is 15.0 Å². The van der Waals surface area contributed by atoms with Gasteiger partial charge >= 0.3 is 0 Å². The molecule has 2 aliphatic rings. The smallest absolute Gasteiger partial charge is 0.182 e. The van der Waals surface area contributed by atoms with E-state index in [1.807, 2.05) is 0 Å². The Bertz CT molecular complexity index is 680. The van der Waals surface area contributed by atoms with Crippen LogP contribution in [0.1, 0.15) is 102 Å². The number of H-pyrrole nitrogens is 1. The highest BCUT2D eigenvalue weighted by molar-refractivity contribution is 6.54. The maximum Gasteiger partial charge on any atom is 0.182 e. The van der Waals surface area contributed by atoms with Crippen LogP contribution in [0.2, 0.25) is 5.82 Å².